The maximum atomic E-state index is 10.1. The van der Waals surface area contributed by atoms with Crippen molar-refractivity contribution in [3.63, 3.8) is 0 Å². The number of rotatable bonds is 7. The lowest BCUT2D eigenvalue weighted by atomic mass is 9.74. The van der Waals surface area contributed by atoms with E-state index in [1.807, 2.05) is 12.1 Å². The quantitative estimate of drug-likeness (QED) is 0.165. The lowest BCUT2D eigenvalue weighted by Gasteiger charge is -2.28. The van der Waals surface area contributed by atoms with E-state index in [1.54, 1.807) is 13.8 Å². The third-order valence-corrected chi connectivity index (χ3v) is 9.72. The van der Waals surface area contributed by atoms with Gasteiger partial charge in [-0.25, -0.2) is 0 Å². The summed E-state index contributed by atoms with van der Waals surface area (Å²) in [6.45, 7) is 3.40. The van der Waals surface area contributed by atoms with Gasteiger partial charge in [-0.2, -0.15) is 0 Å². The SMILES string of the molecule is CC(C)(O)C#Cc1ccc(-c2ccc(-c3c(-c4ccccc4)c(-c4ccccc4)c(-c4ccccc4)c(-c4ccccc4)c3-c3ccccc3)cc2)cc1. The molecule has 0 spiro atoms. The smallest absolute Gasteiger partial charge is 0.120 e. The molecule has 0 fully saturated rings. The van der Waals surface area contributed by atoms with Gasteiger partial charge in [0.1, 0.15) is 5.60 Å². The largest absolute Gasteiger partial charge is 0.378 e. The zero-order valence-electron chi connectivity index (χ0n) is 30.5. The van der Waals surface area contributed by atoms with E-state index >= 15 is 0 Å². The van der Waals surface area contributed by atoms with Crippen molar-refractivity contribution in [1.29, 1.82) is 0 Å². The molecule has 8 rings (SSSR count). The second-order valence-electron chi connectivity index (χ2n) is 14.0. The summed E-state index contributed by atoms with van der Waals surface area (Å²) in [4.78, 5) is 0. The fraction of sp³-hybridized carbons (Fsp3) is 0.0566. The average Bonchev–Trinajstić information content (AvgIpc) is 3.23. The van der Waals surface area contributed by atoms with E-state index in [2.05, 4.69) is 200 Å². The van der Waals surface area contributed by atoms with Crippen molar-refractivity contribution < 1.29 is 5.11 Å². The summed E-state index contributed by atoms with van der Waals surface area (Å²) in [6.07, 6.45) is 0. The number of aliphatic hydroxyl groups is 1. The summed E-state index contributed by atoms with van der Waals surface area (Å²) in [5, 5.41) is 10.1. The van der Waals surface area contributed by atoms with Gasteiger partial charge in [0.15, 0.2) is 0 Å². The van der Waals surface area contributed by atoms with Gasteiger partial charge in [-0.3, -0.25) is 0 Å². The summed E-state index contributed by atoms with van der Waals surface area (Å²) in [5.74, 6) is 6.00. The second kappa shape index (κ2) is 15.1. The molecule has 0 saturated carbocycles. The van der Waals surface area contributed by atoms with E-state index in [-0.39, 0.29) is 0 Å². The third-order valence-electron chi connectivity index (χ3n) is 9.72. The van der Waals surface area contributed by atoms with Gasteiger partial charge < -0.3 is 5.11 Å². The Morgan fingerprint density at radius 3 is 0.778 bits per heavy atom. The molecule has 0 aliphatic heterocycles. The van der Waals surface area contributed by atoms with Crippen LogP contribution in [-0.4, -0.2) is 10.7 Å². The lowest BCUT2D eigenvalue weighted by molar-refractivity contribution is 0.143. The van der Waals surface area contributed by atoms with Crippen molar-refractivity contribution >= 4 is 0 Å². The van der Waals surface area contributed by atoms with Crippen molar-refractivity contribution in [1.82, 2.24) is 0 Å². The Labute approximate surface area is 318 Å². The molecule has 1 nitrogen and oxygen atoms in total. The first-order valence-electron chi connectivity index (χ1n) is 18.4. The van der Waals surface area contributed by atoms with Gasteiger partial charge in [-0.15, -0.1) is 0 Å². The molecule has 8 aromatic carbocycles. The lowest BCUT2D eigenvalue weighted by Crippen LogP contribution is -2.14. The second-order valence-corrected chi connectivity index (χ2v) is 14.0. The van der Waals surface area contributed by atoms with Gasteiger partial charge in [-0.1, -0.05) is 200 Å². The molecule has 0 saturated heterocycles. The molecule has 8 aromatic rings. The summed E-state index contributed by atoms with van der Waals surface area (Å²) in [5.41, 5.74) is 16.2. The molecule has 0 aromatic heterocycles. The highest BCUT2D eigenvalue weighted by molar-refractivity contribution is 6.15. The molecular formula is C53H40O. The molecule has 0 atom stereocenters. The fourth-order valence-electron chi connectivity index (χ4n) is 7.31. The minimum absolute atomic E-state index is 0.873. The molecule has 0 bridgehead atoms. The van der Waals surface area contributed by atoms with Crippen LogP contribution in [0.15, 0.2) is 200 Å². The maximum Gasteiger partial charge on any atom is 0.120 e. The van der Waals surface area contributed by atoms with Gasteiger partial charge in [0.05, 0.1) is 0 Å². The molecular weight excluding hydrogens is 653 g/mol. The van der Waals surface area contributed by atoms with Crippen molar-refractivity contribution in [2.45, 2.75) is 19.4 Å². The highest BCUT2D eigenvalue weighted by Gasteiger charge is 2.28. The molecule has 258 valence electrons. The van der Waals surface area contributed by atoms with Crippen molar-refractivity contribution in [3.05, 3.63) is 206 Å². The first kappa shape index (κ1) is 34.4. The monoisotopic (exact) mass is 692 g/mol. The zero-order chi connectivity index (χ0) is 36.9. The van der Waals surface area contributed by atoms with Crippen molar-refractivity contribution in [2.24, 2.45) is 0 Å². The van der Waals surface area contributed by atoms with E-state index in [1.165, 1.54) is 38.9 Å². The van der Waals surface area contributed by atoms with Crippen LogP contribution in [0.5, 0.6) is 0 Å². The first-order chi connectivity index (χ1) is 26.4. The van der Waals surface area contributed by atoms with E-state index in [0.29, 0.717) is 0 Å². The fourth-order valence-corrected chi connectivity index (χ4v) is 7.31. The molecule has 0 unspecified atom stereocenters. The molecule has 0 amide bonds. The highest BCUT2D eigenvalue weighted by Crippen LogP contribution is 2.55. The van der Waals surface area contributed by atoms with Crippen LogP contribution in [0.25, 0.3) is 77.9 Å². The maximum absolute atomic E-state index is 10.1. The normalized spacial score (nSPS) is 11.1. The third kappa shape index (κ3) is 7.17. The predicted molar refractivity (Wildman–Crippen MR) is 228 cm³/mol. The van der Waals surface area contributed by atoms with Gasteiger partial charge in [0.25, 0.3) is 0 Å². The summed E-state index contributed by atoms with van der Waals surface area (Å²) in [7, 11) is 0. The van der Waals surface area contributed by atoms with E-state index in [9.17, 15) is 5.11 Å². The van der Waals surface area contributed by atoms with Crippen LogP contribution < -0.4 is 0 Å². The number of benzene rings is 8. The van der Waals surface area contributed by atoms with E-state index in [0.717, 1.165) is 44.5 Å². The molecule has 1 N–H and O–H groups in total. The van der Waals surface area contributed by atoms with Crippen molar-refractivity contribution in [3.8, 4) is 89.7 Å². The van der Waals surface area contributed by atoms with Gasteiger partial charge >= 0.3 is 0 Å². The topological polar surface area (TPSA) is 20.2 Å². The highest BCUT2D eigenvalue weighted by atomic mass is 16.3. The van der Waals surface area contributed by atoms with Crippen LogP contribution in [0, 0.1) is 11.8 Å². The average molecular weight is 693 g/mol. The van der Waals surface area contributed by atoms with Crippen LogP contribution in [0.1, 0.15) is 19.4 Å². The Morgan fingerprint density at radius 1 is 0.296 bits per heavy atom. The molecule has 0 radical (unpaired) electrons. The summed E-state index contributed by atoms with van der Waals surface area (Å²) in [6, 6.07) is 71.6. The van der Waals surface area contributed by atoms with Gasteiger partial charge in [-0.05, 0) is 104 Å². The molecule has 0 aliphatic rings. The van der Waals surface area contributed by atoms with E-state index in [4.69, 9.17) is 0 Å². The van der Waals surface area contributed by atoms with Crippen LogP contribution in [0.4, 0.5) is 0 Å². The Morgan fingerprint density at radius 2 is 0.519 bits per heavy atom. The first-order valence-corrected chi connectivity index (χ1v) is 18.4. The summed E-state index contributed by atoms with van der Waals surface area (Å²) >= 11 is 0. The van der Waals surface area contributed by atoms with Crippen LogP contribution in [0.3, 0.4) is 0 Å². The van der Waals surface area contributed by atoms with E-state index < -0.39 is 5.60 Å². The predicted octanol–water partition coefficient (Wildman–Crippen LogP) is 13.5. The van der Waals surface area contributed by atoms with Crippen LogP contribution >= 0.6 is 0 Å². The van der Waals surface area contributed by atoms with Gasteiger partial charge in [0.2, 0.25) is 0 Å². The van der Waals surface area contributed by atoms with Crippen LogP contribution in [0.2, 0.25) is 0 Å². The number of hydrogen-bond donors (Lipinski definition) is 1. The Hall–Kier alpha value is -6.72. The minimum atomic E-state index is -1.04. The Bertz CT molecular complexity index is 2450. The zero-order valence-corrected chi connectivity index (χ0v) is 30.5. The number of hydrogen-bond acceptors (Lipinski definition) is 1. The Balaban J connectivity index is 1.48. The van der Waals surface area contributed by atoms with Crippen LogP contribution in [-0.2, 0) is 0 Å². The molecule has 54 heavy (non-hydrogen) atoms. The standard InChI is InChI=1S/C53H40O/c1-53(2,54)37-36-38-28-30-39(31-29-38)40-32-34-46(35-33-40)52-50(44-24-14-6-15-25-44)48(42-20-10-4-11-21-42)47(41-18-8-3-9-19-41)49(43-22-12-5-13-23-43)51(52)45-26-16-7-17-27-45/h3-35,54H,1-2H3. The molecule has 0 aliphatic carbocycles. The van der Waals surface area contributed by atoms with Crippen molar-refractivity contribution in [2.75, 3.05) is 0 Å². The summed E-state index contributed by atoms with van der Waals surface area (Å²) < 4.78 is 0. The molecule has 1 heteroatoms. The Kier molecular flexibility index (Phi) is 9.61. The van der Waals surface area contributed by atoms with Gasteiger partial charge in [0, 0.05) is 5.56 Å². The minimum Gasteiger partial charge on any atom is -0.378 e. The molecule has 0 heterocycles.